The summed E-state index contributed by atoms with van der Waals surface area (Å²) >= 11 is 1.57. The van der Waals surface area contributed by atoms with E-state index in [1.807, 2.05) is 29.6 Å². The van der Waals surface area contributed by atoms with Crippen LogP contribution in [0.25, 0.3) is 0 Å². The molecule has 2 N–H and O–H groups in total. The van der Waals surface area contributed by atoms with Crippen molar-refractivity contribution >= 4 is 28.8 Å². The summed E-state index contributed by atoms with van der Waals surface area (Å²) in [6.07, 6.45) is 3.75. The van der Waals surface area contributed by atoms with Gasteiger partial charge in [-0.1, -0.05) is 25.1 Å². The van der Waals surface area contributed by atoms with E-state index in [-0.39, 0.29) is 17.7 Å². The van der Waals surface area contributed by atoms with Gasteiger partial charge < -0.3 is 10.6 Å². The zero-order valence-corrected chi connectivity index (χ0v) is 16.7. The van der Waals surface area contributed by atoms with E-state index in [1.54, 1.807) is 11.3 Å². The number of thiazole rings is 1. The Labute approximate surface area is 168 Å². The maximum Gasteiger partial charge on any atom is 0.250 e. The van der Waals surface area contributed by atoms with Crippen LogP contribution < -0.4 is 10.6 Å². The highest BCUT2D eigenvalue weighted by molar-refractivity contribution is 7.09. The summed E-state index contributed by atoms with van der Waals surface area (Å²) in [4.78, 5) is 33.4. The molecule has 7 heteroatoms. The van der Waals surface area contributed by atoms with Crippen LogP contribution in [0.15, 0.2) is 29.6 Å². The van der Waals surface area contributed by atoms with E-state index < -0.39 is 5.54 Å². The van der Waals surface area contributed by atoms with Crippen molar-refractivity contribution in [3.05, 3.63) is 45.9 Å². The first-order chi connectivity index (χ1) is 13.6. The fraction of sp³-hybridized carbons (Fsp3) is 0.476. The van der Waals surface area contributed by atoms with E-state index >= 15 is 0 Å². The summed E-state index contributed by atoms with van der Waals surface area (Å²) in [6.45, 7) is 3.36. The number of aromatic nitrogens is 1. The molecule has 28 heavy (non-hydrogen) atoms. The third-order valence-corrected chi connectivity index (χ3v) is 7.36. The summed E-state index contributed by atoms with van der Waals surface area (Å²) in [7, 11) is 0. The lowest BCUT2D eigenvalue weighted by atomic mass is 9.78. The van der Waals surface area contributed by atoms with Gasteiger partial charge in [0.25, 0.3) is 0 Å². The van der Waals surface area contributed by atoms with Crippen molar-refractivity contribution in [2.24, 2.45) is 5.92 Å². The Balaban J connectivity index is 1.46. The summed E-state index contributed by atoms with van der Waals surface area (Å²) in [5.74, 6) is -0.484. The number of para-hydroxylation sites is 1. The molecule has 0 bridgehead atoms. The second-order valence-electron chi connectivity index (χ2n) is 7.85. The van der Waals surface area contributed by atoms with Crippen molar-refractivity contribution in [1.29, 1.82) is 0 Å². The number of nitrogens with zero attached hydrogens (tertiary/aromatic N) is 2. The molecule has 5 rings (SSSR count). The van der Waals surface area contributed by atoms with Crippen LogP contribution in [0, 0.1) is 5.92 Å². The minimum Gasteiger partial charge on any atom is -0.349 e. The SMILES string of the molecule is CCc1csc(CNC(=O)[C@@H]2C[C@H]3CCCN3[C@]23C(=O)Nc2ccccc23)n1. The molecular weight excluding hydrogens is 372 g/mol. The number of benzene rings is 1. The second kappa shape index (κ2) is 6.67. The maximum absolute atomic E-state index is 13.3. The smallest absolute Gasteiger partial charge is 0.250 e. The van der Waals surface area contributed by atoms with Crippen molar-refractivity contribution in [2.75, 3.05) is 11.9 Å². The van der Waals surface area contributed by atoms with E-state index in [1.165, 1.54) is 0 Å². The summed E-state index contributed by atoms with van der Waals surface area (Å²) in [5.41, 5.74) is 1.97. The fourth-order valence-corrected chi connectivity index (χ4v) is 6.08. The molecule has 6 nitrogen and oxygen atoms in total. The molecule has 3 aliphatic heterocycles. The molecule has 2 aromatic rings. The van der Waals surface area contributed by atoms with Gasteiger partial charge in [0.2, 0.25) is 11.8 Å². The van der Waals surface area contributed by atoms with E-state index in [0.717, 1.165) is 54.2 Å². The molecule has 0 saturated carbocycles. The number of hydrogen-bond donors (Lipinski definition) is 2. The first-order valence-electron chi connectivity index (χ1n) is 10.0. The molecule has 1 aromatic heterocycles. The van der Waals surface area contributed by atoms with Crippen LogP contribution in [0.5, 0.6) is 0 Å². The minimum absolute atomic E-state index is 0.0468. The number of carbonyl (C=O) groups excluding carboxylic acids is 2. The summed E-state index contributed by atoms with van der Waals surface area (Å²) in [5, 5.41) is 9.06. The molecule has 1 spiro atoms. The predicted molar refractivity (Wildman–Crippen MR) is 108 cm³/mol. The lowest BCUT2D eigenvalue weighted by molar-refractivity contribution is -0.137. The van der Waals surface area contributed by atoms with E-state index in [9.17, 15) is 9.59 Å². The molecule has 0 radical (unpaired) electrons. The largest absolute Gasteiger partial charge is 0.349 e. The molecule has 1 aromatic carbocycles. The van der Waals surface area contributed by atoms with E-state index in [2.05, 4.69) is 27.4 Å². The van der Waals surface area contributed by atoms with Gasteiger partial charge in [-0.15, -0.1) is 11.3 Å². The standard InChI is InChI=1S/C21H24N4O2S/c1-2-13-12-28-18(23-13)11-22-19(26)16-10-14-6-5-9-25(14)21(16)15-7-3-4-8-17(15)24-20(21)27/h3-4,7-8,12,14,16H,2,5-6,9-11H2,1H3,(H,22,26)(H,24,27)/t14-,16+,21+/m1/s1. The van der Waals surface area contributed by atoms with Gasteiger partial charge in [0.05, 0.1) is 18.2 Å². The van der Waals surface area contributed by atoms with Crippen molar-refractivity contribution in [2.45, 2.75) is 50.7 Å². The zero-order chi connectivity index (χ0) is 19.3. The van der Waals surface area contributed by atoms with E-state index in [4.69, 9.17) is 0 Å². The van der Waals surface area contributed by atoms with Gasteiger partial charge in [0, 0.05) is 22.7 Å². The molecule has 3 atom stereocenters. The van der Waals surface area contributed by atoms with Crippen LogP contribution >= 0.6 is 11.3 Å². The van der Waals surface area contributed by atoms with Gasteiger partial charge in [-0.25, -0.2) is 4.98 Å². The Morgan fingerprint density at radius 1 is 1.43 bits per heavy atom. The molecule has 3 aliphatic rings. The molecule has 2 amide bonds. The van der Waals surface area contributed by atoms with Crippen molar-refractivity contribution < 1.29 is 9.59 Å². The van der Waals surface area contributed by atoms with Crippen LogP contribution in [0.2, 0.25) is 0 Å². The first-order valence-corrected chi connectivity index (χ1v) is 10.9. The topological polar surface area (TPSA) is 74.3 Å². The number of aryl methyl sites for hydroxylation is 1. The normalized spacial score (nSPS) is 28.4. The number of hydrogen-bond acceptors (Lipinski definition) is 5. The number of fused-ring (bicyclic) bond motifs is 4. The molecule has 146 valence electrons. The lowest BCUT2D eigenvalue weighted by Gasteiger charge is -2.36. The van der Waals surface area contributed by atoms with Crippen LogP contribution in [0.3, 0.4) is 0 Å². The number of amides is 2. The first kappa shape index (κ1) is 17.8. The Morgan fingerprint density at radius 2 is 2.29 bits per heavy atom. The predicted octanol–water partition coefficient (Wildman–Crippen LogP) is 2.65. The number of rotatable bonds is 4. The van der Waals surface area contributed by atoms with Crippen molar-refractivity contribution in [1.82, 2.24) is 15.2 Å². The van der Waals surface area contributed by atoms with E-state index in [0.29, 0.717) is 12.6 Å². The quantitative estimate of drug-likeness (QED) is 0.833. The Morgan fingerprint density at radius 3 is 3.11 bits per heavy atom. The number of carbonyl (C=O) groups is 2. The highest BCUT2D eigenvalue weighted by Gasteiger charge is 2.65. The second-order valence-corrected chi connectivity index (χ2v) is 8.79. The lowest BCUT2D eigenvalue weighted by Crippen LogP contribution is -2.54. The van der Waals surface area contributed by atoms with Crippen LogP contribution in [-0.4, -0.2) is 34.3 Å². The van der Waals surface area contributed by atoms with Crippen LogP contribution in [-0.2, 0) is 28.1 Å². The zero-order valence-electron chi connectivity index (χ0n) is 15.9. The maximum atomic E-state index is 13.3. The fourth-order valence-electron chi connectivity index (χ4n) is 5.26. The average molecular weight is 397 g/mol. The highest BCUT2D eigenvalue weighted by Crippen LogP contribution is 2.55. The summed E-state index contributed by atoms with van der Waals surface area (Å²) in [6, 6.07) is 8.11. The van der Waals surface area contributed by atoms with Gasteiger partial charge in [0.15, 0.2) is 0 Å². The van der Waals surface area contributed by atoms with Gasteiger partial charge in [-0.05, 0) is 38.3 Å². The summed E-state index contributed by atoms with van der Waals surface area (Å²) < 4.78 is 0. The number of nitrogens with one attached hydrogen (secondary N) is 2. The van der Waals surface area contributed by atoms with Gasteiger partial charge in [-0.2, -0.15) is 0 Å². The molecular formula is C21H24N4O2S. The minimum atomic E-state index is -0.876. The third kappa shape index (κ3) is 2.46. The molecule has 0 unspecified atom stereocenters. The number of anilines is 1. The van der Waals surface area contributed by atoms with Crippen LogP contribution in [0.1, 0.15) is 42.5 Å². The van der Waals surface area contributed by atoms with Crippen molar-refractivity contribution in [3.63, 3.8) is 0 Å². The molecule has 0 aliphatic carbocycles. The molecule has 2 fully saturated rings. The Hall–Kier alpha value is -2.25. The van der Waals surface area contributed by atoms with Gasteiger partial charge >= 0.3 is 0 Å². The molecule has 2 saturated heterocycles. The average Bonchev–Trinajstić information content (AvgIpc) is 3.45. The van der Waals surface area contributed by atoms with Gasteiger partial charge in [0.1, 0.15) is 10.5 Å². The molecule has 4 heterocycles. The van der Waals surface area contributed by atoms with Crippen molar-refractivity contribution in [3.8, 4) is 0 Å². The Kier molecular flexibility index (Phi) is 4.25. The van der Waals surface area contributed by atoms with Crippen LogP contribution in [0.4, 0.5) is 5.69 Å². The third-order valence-electron chi connectivity index (χ3n) is 6.47. The monoisotopic (exact) mass is 396 g/mol. The Bertz CT molecular complexity index is 942. The highest BCUT2D eigenvalue weighted by atomic mass is 32.1. The van der Waals surface area contributed by atoms with Gasteiger partial charge in [-0.3, -0.25) is 14.5 Å².